The minimum Gasteiger partial charge on any atom is -0.445 e. The Kier molecular flexibility index (Phi) is 8.44. The van der Waals surface area contributed by atoms with Gasteiger partial charge >= 0.3 is 6.09 Å². The molecule has 0 aromatic heterocycles. The Morgan fingerprint density at radius 2 is 1.59 bits per heavy atom. The minimum atomic E-state index is -3.72. The molecule has 8 nitrogen and oxygen atoms in total. The van der Waals surface area contributed by atoms with Crippen LogP contribution in [0, 0.1) is 17.2 Å². The van der Waals surface area contributed by atoms with Gasteiger partial charge in [-0.15, -0.1) is 0 Å². The zero-order valence-corrected chi connectivity index (χ0v) is 23.3. The van der Waals surface area contributed by atoms with Crippen molar-refractivity contribution in [2.45, 2.75) is 50.0 Å². The number of benzene rings is 2. The van der Waals surface area contributed by atoms with E-state index >= 15 is 0 Å². The number of halogens is 1. The predicted octanol–water partition coefficient (Wildman–Crippen LogP) is 4.32. The van der Waals surface area contributed by atoms with Crippen LogP contribution in [-0.2, 0) is 21.4 Å². The van der Waals surface area contributed by atoms with Gasteiger partial charge in [-0.2, -0.15) is 4.31 Å². The van der Waals surface area contributed by atoms with E-state index in [1.165, 1.54) is 16.4 Å². The molecule has 3 heterocycles. The average Bonchev–Trinajstić information content (AvgIpc) is 2.96. The summed E-state index contributed by atoms with van der Waals surface area (Å²) >= 11 is 0. The number of amides is 1. The summed E-state index contributed by atoms with van der Waals surface area (Å²) in [7, 11) is -3.72. The van der Waals surface area contributed by atoms with Crippen molar-refractivity contribution < 1.29 is 22.3 Å². The molecule has 2 aromatic rings. The maximum atomic E-state index is 13.8. The Morgan fingerprint density at radius 3 is 2.23 bits per heavy atom. The predicted molar refractivity (Wildman–Crippen MR) is 148 cm³/mol. The standard InChI is InChI=1S/C29H39FN4O4S/c30-26-20-25(6-7-27(26)31)39(36,37)34-14-8-23(9-15-34)21-32-16-10-29(11-17-32)12-18-33(19-13-29)28(35)38-22-24-4-2-1-3-5-24/h1-7,20,23H,8-19,21-22,31H2. The molecule has 0 atom stereocenters. The van der Waals surface area contributed by atoms with Crippen LogP contribution in [0.2, 0.25) is 0 Å². The van der Waals surface area contributed by atoms with E-state index in [4.69, 9.17) is 10.5 Å². The molecule has 3 aliphatic heterocycles. The van der Waals surface area contributed by atoms with Crippen LogP contribution in [0.25, 0.3) is 0 Å². The van der Waals surface area contributed by atoms with E-state index in [-0.39, 0.29) is 16.7 Å². The van der Waals surface area contributed by atoms with E-state index in [9.17, 15) is 17.6 Å². The van der Waals surface area contributed by atoms with Gasteiger partial charge < -0.3 is 20.3 Å². The number of hydrogen-bond acceptors (Lipinski definition) is 6. The fourth-order valence-electron chi connectivity index (χ4n) is 6.20. The van der Waals surface area contributed by atoms with Gasteiger partial charge in [0.2, 0.25) is 10.0 Å². The highest BCUT2D eigenvalue weighted by atomic mass is 32.2. The Bertz CT molecular complexity index is 1230. The largest absolute Gasteiger partial charge is 0.445 e. The van der Waals surface area contributed by atoms with Gasteiger partial charge in [-0.3, -0.25) is 0 Å². The third kappa shape index (κ3) is 6.56. The molecular weight excluding hydrogens is 519 g/mol. The SMILES string of the molecule is Nc1ccc(S(=O)(=O)N2CCC(CN3CCC4(CC3)CCN(C(=O)OCc3ccccc3)CC4)CC2)cc1F. The average molecular weight is 559 g/mol. The van der Waals surface area contributed by atoms with Gasteiger partial charge in [-0.1, -0.05) is 30.3 Å². The van der Waals surface area contributed by atoms with Gasteiger partial charge in [0.1, 0.15) is 12.4 Å². The molecule has 2 aromatic carbocycles. The number of ether oxygens (including phenoxy) is 1. The maximum absolute atomic E-state index is 13.8. The zero-order valence-electron chi connectivity index (χ0n) is 22.4. The first-order chi connectivity index (χ1) is 18.7. The summed E-state index contributed by atoms with van der Waals surface area (Å²) in [6.07, 6.45) is 5.69. The molecule has 0 radical (unpaired) electrons. The number of rotatable bonds is 6. The smallest absolute Gasteiger partial charge is 0.410 e. The fourth-order valence-corrected chi connectivity index (χ4v) is 7.68. The lowest BCUT2D eigenvalue weighted by Crippen LogP contribution is -2.49. The van der Waals surface area contributed by atoms with Gasteiger partial charge in [0.25, 0.3) is 0 Å². The maximum Gasteiger partial charge on any atom is 0.410 e. The van der Waals surface area contributed by atoms with Crippen LogP contribution >= 0.6 is 0 Å². The Balaban J connectivity index is 1.03. The van der Waals surface area contributed by atoms with Gasteiger partial charge in [-0.05, 0) is 86.7 Å². The van der Waals surface area contributed by atoms with Gasteiger partial charge in [0.15, 0.2) is 0 Å². The summed E-state index contributed by atoms with van der Waals surface area (Å²) in [6, 6.07) is 13.5. The lowest BCUT2D eigenvalue weighted by Gasteiger charge is -2.47. The van der Waals surface area contributed by atoms with Gasteiger partial charge in [0.05, 0.1) is 10.6 Å². The van der Waals surface area contributed by atoms with E-state index < -0.39 is 15.8 Å². The highest BCUT2D eigenvalue weighted by molar-refractivity contribution is 7.89. The second kappa shape index (κ2) is 11.8. The normalized spacial score (nSPS) is 21.2. The number of carbonyl (C=O) groups is 1. The van der Waals surface area contributed by atoms with E-state index in [0.717, 1.165) is 82.9 Å². The molecule has 1 amide bonds. The van der Waals surface area contributed by atoms with Crippen LogP contribution in [-0.4, -0.2) is 74.4 Å². The van der Waals surface area contributed by atoms with Crippen LogP contribution in [0.5, 0.6) is 0 Å². The highest BCUT2D eigenvalue weighted by Gasteiger charge is 2.39. The van der Waals surface area contributed by atoms with Crippen molar-refractivity contribution >= 4 is 21.8 Å². The van der Waals surface area contributed by atoms with Crippen molar-refractivity contribution in [3.63, 3.8) is 0 Å². The van der Waals surface area contributed by atoms with Crippen LogP contribution in [0.1, 0.15) is 44.1 Å². The molecule has 2 N–H and O–H groups in total. The van der Waals surface area contributed by atoms with Crippen LogP contribution in [0.3, 0.4) is 0 Å². The zero-order chi connectivity index (χ0) is 27.5. The quantitative estimate of drug-likeness (QED) is 0.531. The number of nitrogens with zero attached hydrogens (tertiary/aromatic N) is 3. The van der Waals surface area contributed by atoms with Crippen molar-refractivity contribution in [1.82, 2.24) is 14.1 Å². The molecular formula is C29H39FN4O4S. The molecule has 0 bridgehead atoms. The Morgan fingerprint density at radius 1 is 0.949 bits per heavy atom. The number of sulfonamides is 1. The molecule has 0 unspecified atom stereocenters. The Labute approximate surface area is 230 Å². The molecule has 3 aliphatic rings. The number of anilines is 1. The van der Waals surface area contributed by atoms with E-state index in [1.807, 2.05) is 35.2 Å². The second-order valence-electron chi connectivity index (χ2n) is 11.4. The van der Waals surface area contributed by atoms with Crippen molar-refractivity contribution in [2.75, 3.05) is 51.5 Å². The van der Waals surface area contributed by atoms with Crippen LogP contribution < -0.4 is 5.73 Å². The number of piperidine rings is 3. The molecule has 212 valence electrons. The van der Waals surface area contributed by atoms with Crippen molar-refractivity contribution in [3.05, 3.63) is 59.9 Å². The third-order valence-corrected chi connectivity index (χ3v) is 10.8. The summed E-state index contributed by atoms with van der Waals surface area (Å²) in [5, 5.41) is 0. The van der Waals surface area contributed by atoms with Crippen molar-refractivity contribution in [1.29, 1.82) is 0 Å². The summed E-state index contributed by atoms with van der Waals surface area (Å²) in [4.78, 5) is 16.9. The number of carbonyl (C=O) groups excluding carboxylic acids is 1. The van der Waals surface area contributed by atoms with E-state index in [1.54, 1.807) is 0 Å². The third-order valence-electron chi connectivity index (χ3n) is 8.90. The molecule has 0 aliphatic carbocycles. The highest BCUT2D eigenvalue weighted by Crippen LogP contribution is 2.41. The Hall–Kier alpha value is -2.69. The van der Waals surface area contributed by atoms with E-state index in [2.05, 4.69) is 4.90 Å². The van der Waals surface area contributed by atoms with Crippen LogP contribution in [0.15, 0.2) is 53.4 Å². The number of nitrogen functional groups attached to an aromatic ring is 1. The summed E-state index contributed by atoms with van der Waals surface area (Å²) < 4.78 is 46.8. The molecule has 3 fully saturated rings. The van der Waals surface area contributed by atoms with Crippen molar-refractivity contribution in [2.24, 2.45) is 11.3 Å². The molecule has 0 saturated carbocycles. The molecule has 39 heavy (non-hydrogen) atoms. The molecule has 10 heteroatoms. The monoisotopic (exact) mass is 558 g/mol. The molecule has 1 spiro atoms. The summed E-state index contributed by atoms with van der Waals surface area (Å²) in [6.45, 7) is 5.78. The topological polar surface area (TPSA) is 96.2 Å². The summed E-state index contributed by atoms with van der Waals surface area (Å²) in [5.74, 6) is -0.252. The van der Waals surface area contributed by atoms with Crippen molar-refractivity contribution in [3.8, 4) is 0 Å². The first kappa shape index (κ1) is 27.9. The minimum absolute atomic E-state index is 0.0375. The second-order valence-corrected chi connectivity index (χ2v) is 13.3. The molecule has 5 rings (SSSR count). The number of nitrogens with two attached hydrogens (primary N) is 1. The lowest BCUT2D eigenvalue weighted by atomic mass is 9.71. The van der Waals surface area contributed by atoms with Gasteiger partial charge in [-0.25, -0.2) is 17.6 Å². The van der Waals surface area contributed by atoms with E-state index in [0.29, 0.717) is 31.0 Å². The first-order valence-electron chi connectivity index (χ1n) is 14.0. The number of hydrogen-bond donors (Lipinski definition) is 1. The molecule has 3 saturated heterocycles. The number of likely N-dealkylation sites (tertiary alicyclic amines) is 2. The van der Waals surface area contributed by atoms with Gasteiger partial charge in [0, 0.05) is 32.7 Å². The lowest BCUT2D eigenvalue weighted by molar-refractivity contribution is 0.0207. The summed E-state index contributed by atoms with van der Waals surface area (Å²) in [5.41, 5.74) is 6.75. The first-order valence-corrected chi connectivity index (χ1v) is 15.4. The van der Waals surface area contributed by atoms with Crippen LogP contribution in [0.4, 0.5) is 14.9 Å². The fraction of sp³-hybridized carbons (Fsp3) is 0.552.